The zero-order valence-electron chi connectivity index (χ0n) is 10.3. The maximum atomic E-state index is 11.4. The molecular weight excluding hydrogens is 256 g/mol. The van der Waals surface area contributed by atoms with Crippen LogP contribution in [0, 0.1) is 0 Å². The summed E-state index contributed by atoms with van der Waals surface area (Å²) in [7, 11) is -1.83. The number of anilines is 1. The van der Waals surface area contributed by atoms with Crippen molar-refractivity contribution in [3.63, 3.8) is 0 Å². The Morgan fingerprint density at radius 3 is 2.78 bits per heavy atom. The van der Waals surface area contributed by atoms with Crippen molar-refractivity contribution < 1.29 is 17.9 Å². The molecule has 102 valence electrons. The van der Waals surface area contributed by atoms with Gasteiger partial charge >= 0.3 is 0 Å². The topological polar surface area (TPSA) is 90.7 Å². The fraction of sp³-hybridized carbons (Fsp3) is 0.455. The van der Waals surface area contributed by atoms with Gasteiger partial charge in [0.05, 0.1) is 12.4 Å². The van der Waals surface area contributed by atoms with Crippen LogP contribution < -0.4 is 15.2 Å². The first kappa shape index (κ1) is 14.7. The molecule has 0 aliphatic heterocycles. The lowest BCUT2D eigenvalue weighted by molar-refractivity contribution is 0.216. The number of nitrogens with one attached hydrogen (secondary N) is 1. The first-order valence-electron chi connectivity index (χ1n) is 5.48. The highest BCUT2D eigenvalue weighted by molar-refractivity contribution is 7.89. The van der Waals surface area contributed by atoms with Crippen LogP contribution in [-0.2, 0) is 14.8 Å². The van der Waals surface area contributed by atoms with Crippen molar-refractivity contribution in [2.45, 2.75) is 0 Å². The molecule has 18 heavy (non-hydrogen) atoms. The van der Waals surface area contributed by atoms with Crippen LogP contribution in [-0.4, -0.2) is 41.0 Å². The fourth-order valence-electron chi connectivity index (χ4n) is 1.24. The quantitative estimate of drug-likeness (QED) is 0.522. The SMILES string of the molecule is COCCS(=O)(=O)NCCOc1cccc(N)c1. The number of nitrogens with two attached hydrogens (primary N) is 1. The largest absolute Gasteiger partial charge is 0.492 e. The Morgan fingerprint density at radius 1 is 1.33 bits per heavy atom. The van der Waals surface area contributed by atoms with E-state index in [0.29, 0.717) is 11.4 Å². The zero-order chi connectivity index (χ0) is 13.4. The van der Waals surface area contributed by atoms with Crippen LogP contribution in [0.25, 0.3) is 0 Å². The van der Waals surface area contributed by atoms with Crippen molar-refractivity contribution >= 4 is 15.7 Å². The zero-order valence-corrected chi connectivity index (χ0v) is 11.1. The van der Waals surface area contributed by atoms with Crippen LogP contribution in [0.15, 0.2) is 24.3 Å². The van der Waals surface area contributed by atoms with Gasteiger partial charge in [-0.1, -0.05) is 6.07 Å². The number of benzene rings is 1. The van der Waals surface area contributed by atoms with Crippen LogP contribution in [0.3, 0.4) is 0 Å². The Kier molecular flexibility index (Phi) is 5.90. The molecule has 0 atom stereocenters. The van der Waals surface area contributed by atoms with Gasteiger partial charge in [-0.05, 0) is 12.1 Å². The van der Waals surface area contributed by atoms with Crippen LogP contribution in [0.4, 0.5) is 5.69 Å². The number of nitrogen functional groups attached to an aromatic ring is 1. The summed E-state index contributed by atoms with van der Waals surface area (Å²) in [5, 5.41) is 0. The summed E-state index contributed by atoms with van der Waals surface area (Å²) >= 11 is 0. The standard InChI is InChI=1S/C11H18N2O4S/c1-16-7-8-18(14,15)13-5-6-17-11-4-2-3-10(12)9-11/h2-4,9,13H,5-8,12H2,1H3. The van der Waals surface area contributed by atoms with Crippen molar-refractivity contribution in [1.82, 2.24) is 4.72 Å². The lowest BCUT2D eigenvalue weighted by atomic mass is 10.3. The minimum atomic E-state index is -3.29. The monoisotopic (exact) mass is 274 g/mol. The van der Waals surface area contributed by atoms with E-state index in [-0.39, 0.29) is 25.5 Å². The van der Waals surface area contributed by atoms with E-state index in [1.54, 1.807) is 24.3 Å². The minimum absolute atomic E-state index is 0.0538. The molecule has 0 heterocycles. The Balaban J connectivity index is 2.26. The first-order valence-corrected chi connectivity index (χ1v) is 7.13. The second-order valence-corrected chi connectivity index (χ2v) is 5.55. The third-order valence-electron chi connectivity index (χ3n) is 2.11. The summed E-state index contributed by atoms with van der Waals surface area (Å²) < 4.78 is 35.2. The van der Waals surface area contributed by atoms with E-state index in [0.717, 1.165) is 0 Å². The van der Waals surface area contributed by atoms with E-state index in [1.165, 1.54) is 7.11 Å². The molecule has 1 rings (SSSR count). The number of hydrogen-bond acceptors (Lipinski definition) is 5. The van der Waals surface area contributed by atoms with Gasteiger partial charge in [0.1, 0.15) is 12.4 Å². The van der Waals surface area contributed by atoms with Gasteiger partial charge in [0, 0.05) is 25.4 Å². The molecule has 0 bridgehead atoms. The van der Waals surface area contributed by atoms with Gasteiger partial charge in [-0.25, -0.2) is 13.1 Å². The van der Waals surface area contributed by atoms with Crippen molar-refractivity contribution in [2.75, 3.05) is 38.4 Å². The van der Waals surface area contributed by atoms with Crippen molar-refractivity contribution in [3.05, 3.63) is 24.3 Å². The van der Waals surface area contributed by atoms with Crippen molar-refractivity contribution in [2.24, 2.45) is 0 Å². The minimum Gasteiger partial charge on any atom is -0.492 e. The number of methoxy groups -OCH3 is 1. The Labute approximate surface area is 107 Å². The molecule has 0 unspecified atom stereocenters. The maximum Gasteiger partial charge on any atom is 0.213 e. The van der Waals surface area contributed by atoms with Gasteiger partial charge in [-0.15, -0.1) is 0 Å². The van der Waals surface area contributed by atoms with E-state index in [1.807, 2.05) is 0 Å². The Hall–Kier alpha value is -1.31. The highest BCUT2D eigenvalue weighted by atomic mass is 32.2. The molecule has 1 aromatic rings. The number of hydrogen-bond donors (Lipinski definition) is 2. The first-order chi connectivity index (χ1) is 8.53. The second kappa shape index (κ2) is 7.20. The molecule has 0 aromatic heterocycles. The average Bonchev–Trinajstić information content (AvgIpc) is 2.32. The fourth-order valence-corrected chi connectivity index (χ4v) is 2.16. The molecule has 0 aliphatic rings. The average molecular weight is 274 g/mol. The molecule has 0 saturated heterocycles. The van der Waals surface area contributed by atoms with Crippen molar-refractivity contribution in [3.8, 4) is 5.75 Å². The lowest BCUT2D eigenvalue weighted by Gasteiger charge is -2.08. The van der Waals surface area contributed by atoms with E-state index in [4.69, 9.17) is 15.2 Å². The number of rotatable bonds is 8. The van der Waals surface area contributed by atoms with E-state index >= 15 is 0 Å². The van der Waals surface area contributed by atoms with Gasteiger partial charge in [-0.3, -0.25) is 0 Å². The van der Waals surface area contributed by atoms with Crippen LogP contribution in [0.2, 0.25) is 0 Å². The van der Waals surface area contributed by atoms with Gasteiger partial charge in [0.15, 0.2) is 0 Å². The molecule has 3 N–H and O–H groups in total. The van der Waals surface area contributed by atoms with Gasteiger partial charge < -0.3 is 15.2 Å². The Bertz CT molecular complexity index is 462. The molecule has 1 aromatic carbocycles. The van der Waals surface area contributed by atoms with E-state index < -0.39 is 10.0 Å². The van der Waals surface area contributed by atoms with Gasteiger partial charge in [-0.2, -0.15) is 0 Å². The molecule has 0 saturated carbocycles. The van der Waals surface area contributed by atoms with Crippen LogP contribution in [0.5, 0.6) is 5.75 Å². The van der Waals surface area contributed by atoms with Gasteiger partial charge in [0.25, 0.3) is 0 Å². The van der Waals surface area contributed by atoms with Crippen molar-refractivity contribution in [1.29, 1.82) is 0 Å². The van der Waals surface area contributed by atoms with Crippen LogP contribution in [0.1, 0.15) is 0 Å². The summed E-state index contributed by atoms with van der Waals surface area (Å²) in [6, 6.07) is 6.96. The third kappa shape index (κ3) is 5.85. The third-order valence-corrected chi connectivity index (χ3v) is 3.46. The summed E-state index contributed by atoms with van der Waals surface area (Å²) in [4.78, 5) is 0. The molecule has 0 fully saturated rings. The molecule has 0 aliphatic carbocycles. The molecule has 0 spiro atoms. The Morgan fingerprint density at radius 2 is 2.11 bits per heavy atom. The summed E-state index contributed by atoms with van der Waals surface area (Å²) in [6.07, 6.45) is 0. The summed E-state index contributed by atoms with van der Waals surface area (Å²) in [5.41, 5.74) is 6.19. The van der Waals surface area contributed by atoms with Gasteiger partial charge in [0.2, 0.25) is 10.0 Å². The summed E-state index contributed by atoms with van der Waals surface area (Å²) in [6.45, 7) is 0.627. The lowest BCUT2D eigenvalue weighted by Crippen LogP contribution is -2.31. The van der Waals surface area contributed by atoms with Crippen LogP contribution >= 0.6 is 0 Å². The highest BCUT2D eigenvalue weighted by Gasteiger charge is 2.08. The van der Waals surface area contributed by atoms with E-state index in [9.17, 15) is 8.42 Å². The smallest absolute Gasteiger partial charge is 0.213 e. The molecule has 0 radical (unpaired) electrons. The number of ether oxygens (including phenoxy) is 2. The summed E-state index contributed by atoms with van der Waals surface area (Å²) in [5.74, 6) is 0.563. The van der Waals surface area contributed by atoms with E-state index in [2.05, 4.69) is 4.72 Å². The number of sulfonamides is 1. The second-order valence-electron chi connectivity index (χ2n) is 3.63. The molecule has 6 nitrogen and oxygen atoms in total. The predicted molar refractivity (Wildman–Crippen MR) is 70.0 cm³/mol. The molecule has 0 amide bonds. The normalized spacial score (nSPS) is 11.4. The molecule has 7 heteroatoms. The predicted octanol–water partition coefficient (Wildman–Crippen LogP) is 0.213. The maximum absolute atomic E-state index is 11.4. The molecular formula is C11H18N2O4S. The highest BCUT2D eigenvalue weighted by Crippen LogP contribution is 2.13.